The molecule has 0 aliphatic rings. The Morgan fingerprint density at radius 3 is 2.10 bits per heavy atom. The Morgan fingerprint density at radius 1 is 0.667 bits per heavy atom. The number of quaternary nitrogens is 1. The zero-order chi connectivity index (χ0) is 14.3. The van der Waals surface area contributed by atoms with E-state index < -0.39 is 0 Å². The summed E-state index contributed by atoms with van der Waals surface area (Å²) in [6.45, 7) is 1.96. The summed E-state index contributed by atoms with van der Waals surface area (Å²) in [6, 6.07) is 23.4. The monoisotopic (exact) mass is 275 g/mol. The number of hydrogen-bond donors (Lipinski definition) is 1. The number of nitrogens with two attached hydrogens (primary N) is 1. The number of pyridine rings is 1. The average Bonchev–Trinajstić information content (AvgIpc) is 2.57. The molecule has 3 rings (SSSR count). The van der Waals surface area contributed by atoms with Gasteiger partial charge >= 0.3 is 0 Å². The molecule has 0 saturated heterocycles. The smallest absolute Gasteiger partial charge is 0.103 e. The largest absolute Gasteiger partial charge is 0.339 e. The molecular formula is C19H19N2+. The van der Waals surface area contributed by atoms with Crippen molar-refractivity contribution < 1.29 is 5.32 Å². The van der Waals surface area contributed by atoms with Crippen molar-refractivity contribution in [1.29, 1.82) is 0 Å². The number of aromatic nitrogens is 1. The zero-order valence-corrected chi connectivity index (χ0v) is 11.9. The highest BCUT2D eigenvalue weighted by atomic mass is 14.8. The Bertz CT molecular complexity index is 661. The molecule has 21 heavy (non-hydrogen) atoms. The van der Waals surface area contributed by atoms with Crippen molar-refractivity contribution in [2.75, 3.05) is 0 Å². The van der Waals surface area contributed by atoms with Crippen LogP contribution in [0.2, 0.25) is 0 Å². The van der Waals surface area contributed by atoms with E-state index in [2.05, 4.69) is 64.9 Å². The van der Waals surface area contributed by atoms with Crippen LogP contribution in [0.25, 0.3) is 11.1 Å². The second-order valence-electron chi connectivity index (χ2n) is 5.12. The highest BCUT2D eigenvalue weighted by Gasteiger charge is 2.00. The predicted molar refractivity (Wildman–Crippen MR) is 85.4 cm³/mol. The van der Waals surface area contributed by atoms with Crippen LogP contribution in [0.3, 0.4) is 0 Å². The summed E-state index contributed by atoms with van der Waals surface area (Å²) in [5.74, 6) is 0. The summed E-state index contributed by atoms with van der Waals surface area (Å²) >= 11 is 0. The molecule has 0 spiro atoms. The molecule has 104 valence electrons. The number of hydrogen-bond acceptors (Lipinski definition) is 1. The number of nitrogens with zero attached hydrogens (tertiary/aromatic N) is 1. The van der Waals surface area contributed by atoms with E-state index in [1.54, 1.807) is 0 Å². The van der Waals surface area contributed by atoms with Crippen LogP contribution in [0.5, 0.6) is 0 Å². The van der Waals surface area contributed by atoms with Crippen molar-refractivity contribution in [3.8, 4) is 11.1 Å². The molecule has 2 heteroatoms. The summed E-state index contributed by atoms with van der Waals surface area (Å²) in [6.07, 6.45) is 3.74. The van der Waals surface area contributed by atoms with Crippen LogP contribution in [-0.4, -0.2) is 4.98 Å². The minimum absolute atomic E-state index is 0.967. The van der Waals surface area contributed by atoms with E-state index in [1.807, 2.05) is 24.5 Å². The SMILES string of the molecule is c1ccc(-c2ccc(C[NH2+]Cc3cccnc3)cc2)cc1. The molecule has 2 nitrogen and oxygen atoms in total. The molecule has 0 amide bonds. The third-order valence-electron chi connectivity index (χ3n) is 3.54. The topological polar surface area (TPSA) is 29.5 Å². The van der Waals surface area contributed by atoms with Crippen molar-refractivity contribution in [2.45, 2.75) is 13.1 Å². The van der Waals surface area contributed by atoms with E-state index in [1.165, 1.54) is 22.3 Å². The molecule has 0 aliphatic carbocycles. The van der Waals surface area contributed by atoms with Gasteiger partial charge in [-0.25, -0.2) is 0 Å². The van der Waals surface area contributed by atoms with Gasteiger partial charge in [-0.1, -0.05) is 60.7 Å². The van der Waals surface area contributed by atoms with Crippen molar-refractivity contribution in [1.82, 2.24) is 4.98 Å². The first-order valence-electron chi connectivity index (χ1n) is 7.27. The molecular weight excluding hydrogens is 256 g/mol. The van der Waals surface area contributed by atoms with Crippen molar-refractivity contribution >= 4 is 0 Å². The lowest BCUT2D eigenvalue weighted by molar-refractivity contribution is -0.686. The number of benzene rings is 2. The Balaban J connectivity index is 1.58. The Kier molecular flexibility index (Phi) is 4.39. The van der Waals surface area contributed by atoms with Gasteiger partial charge in [-0.15, -0.1) is 0 Å². The van der Waals surface area contributed by atoms with E-state index >= 15 is 0 Å². The summed E-state index contributed by atoms with van der Waals surface area (Å²) in [4.78, 5) is 4.14. The molecule has 0 unspecified atom stereocenters. The normalized spacial score (nSPS) is 10.5. The summed E-state index contributed by atoms with van der Waals surface area (Å²) in [5, 5.41) is 2.30. The van der Waals surface area contributed by atoms with Gasteiger partial charge in [-0.2, -0.15) is 0 Å². The van der Waals surface area contributed by atoms with E-state index in [0.29, 0.717) is 0 Å². The lowest BCUT2D eigenvalue weighted by atomic mass is 10.0. The highest BCUT2D eigenvalue weighted by molar-refractivity contribution is 5.63. The van der Waals surface area contributed by atoms with E-state index in [4.69, 9.17) is 0 Å². The second-order valence-corrected chi connectivity index (χ2v) is 5.12. The van der Waals surface area contributed by atoms with Crippen LogP contribution < -0.4 is 5.32 Å². The predicted octanol–water partition coefficient (Wildman–Crippen LogP) is 3.01. The van der Waals surface area contributed by atoms with Crippen LogP contribution in [0.15, 0.2) is 79.1 Å². The maximum Gasteiger partial charge on any atom is 0.103 e. The molecule has 2 N–H and O–H groups in total. The molecule has 0 bridgehead atoms. The minimum atomic E-state index is 0.967. The molecule has 1 aromatic heterocycles. The standard InChI is InChI=1S/C19H18N2/c1-2-6-18(7-3-1)19-10-8-16(9-11-19)13-21-15-17-5-4-12-20-14-17/h1-12,14,21H,13,15H2/p+1. The van der Waals surface area contributed by atoms with Gasteiger partial charge in [-0.3, -0.25) is 4.98 Å². The Morgan fingerprint density at radius 2 is 1.38 bits per heavy atom. The van der Waals surface area contributed by atoms with Crippen molar-refractivity contribution in [3.05, 3.63) is 90.3 Å². The fraction of sp³-hybridized carbons (Fsp3) is 0.105. The second kappa shape index (κ2) is 6.82. The van der Waals surface area contributed by atoms with Gasteiger partial charge in [0.25, 0.3) is 0 Å². The van der Waals surface area contributed by atoms with Gasteiger partial charge in [0.1, 0.15) is 13.1 Å². The van der Waals surface area contributed by atoms with E-state index in [0.717, 1.165) is 13.1 Å². The third-order valence-corrected chi connectivity index (χ3v) is 3.54. The molecule has 0 atom stereocenters. The molecule has 0 radical (unpaired) electrons. The van der Waals surface area contributed by atoms with E-state index in [-0.39, 0.29) is 0 Å². The maximum atomic E-state index is 4.14. The van der Waals surface area contributed by atoms with Gasteiger partial charge < -0.3 is 5.32 Å². The first-order valence-corrected chi connectivity index (χ1v) is 7.27. The maximum absolute atomic E-state index is 4.14. The molecule has 2 aromatic carbocycles. The van der Waals surface area contributed by atoms with Gasteiger partial charge in [0.2, 0.25) is 0 Å². The number of rotatable bonds is 5. The summed E-state index contributed by atoms with van der Waals surface area (Å²) < 4.78 is 0. The van der Waals surface area contributed by atoms with Gasteiger partial charge in [-0.05, 0) is 17.2 Å². The van der Waals surface area contributed by atoms with Crippen molar-refractivity contribution in [2.24, 2.45) is 0 Å². The molecule has 0 saturated carbocycles. The van der Waals surface area contributed by atoms with Crippen LogP contribution in [-0.2, 0) is 13.1 Å². The van der Waals surface area contributed by atoms with Crippen LogP contribution in [0.4, 0.5) is 0 Å². The minimum Gasteiger partial charge on any atom is -0.339 e. The fourth-order valence-corrected chi connectivity index (χ4v) is 2.39. The summed E-state index contributed by atoms with van der Waals surface area (Å²) in [7, 11) is 0. The van der Waals surface area contributed by atoms with Gasteiger partial charge in [0.15, 0.2) is 0 Å². The summed E-state index contributed by atoms with van der Waals surface area (Å²) in [5.41, 5.74) is 5.15. The third kappa shape index (κ3) is 3.77. The van der Waals surface area contributed by atoms with Crippen LogP contribution in [0, 0.1) is 0 Å². The lowest BCUT2D eigenvalue weighted by Gasteiger charge is -2.04. The van der Waals surface area contributed by atoms with Gasteiger partial charge in [0.05, 0.1) is 0 Å². The fourth-order valence-electron chi connectivity index (χ4n) is 2.39. The first-order chi connectivity index (χ1) is 10.4. The Hall–Kier alpha value is -2.45. The molecule has 3 aromatic rings. The molecule has 0 aliphatic heterocycles. The molecule has 0 fully saturated rings. The first kappa shape index (κ1) is 13.5. The van der Waals surface area contributed by atoms with Crippen LogP contribution in [0.1, 0.15) is 11.1 Å². The average molecular weight is 275 g/mol. The van der Waals surface area contributed by atoms with Crippen molar-refractivity contribution in [3.63, 3.8) is 0 Å². The zero-order valence-electron chi connectivity index (χ0n) is 11.9. The van der Waals surface area contributed by atoms with E-state index in [9.17, 15) is 0 Å². The van der Waals surface area contributed by atoms with Gasteiger partial charge in [0, 0.05) is 23.5 Å². The lowest BCUT2D eigenvalue weighted by Crippen LogP contribution is -2.80. The molecule has 1 heterocycles. The van der Waals surface area contributed by atoms with Crippen LogP contribution >= 0.6 is 0 Å². The highest BCUT2D eigenvalue weighted by Crippen LogP contribution is 2.18. The quantitative estimate of drug-likeness (QED) is 0.762. The Labute approximate surface area is 125 Å².